The van der Waals surface area contributed by atoms with E-state index in [1.165, 1.54) is 12.8 Å². The van der Waals surface area contributed by atoms with Crippen LogP contribution in [0.3, 0.4) is 0 Å². The number of hydrogen-bond donors (Lipinski definition) is 2. The Morgan fingerprint density at radius 2 is 2.37 bits per heavy atom. The predicted molar refractivity (Wildman–Crippen MR) is 74.6 cm³/mol. The van der Waals surface area contributed by atoms with E-state index in [-0.39, 0.29) is 5.84 Å². The number of nitrogens with zero attached hydrogens (tertiary/aromatic N) is 2. The molecule has 1 atom stereocenters. The van der Waals surface area contributed by atoms with Crippen LogP contribution >= 0.6 is 0 Å². The lowest BCUT2D eigenvalue weighted by Gasteiger charge is -2.21. The van der Waals surface area contributed by atoms with Crippen LogP contribution in [-0.4, -0.2) is 35.6 Å². The Labute approximate surface area is 113 Å². The summed E-state index contributed by atoms with van der Waals surface area (Å²) < 4.78 is 5.23. The average molecular weight is 263 g/mol. The zero-order valence-corrected chi connectivity index (χ0v) is 11.5. The lowest BCUT2D eigenvalue weighted by Crippen LogP contribution is -2.26. The van der Waals surface area contributed by atoms with E-state index in [0.29, 0.717) is 17.4 Å². The van der Waals surface area contributed by atoms with Crippen LogP contribution in [0.5, 0.6) is 5.75 Å². The van der Waals surface area contributed by atoms with Crippen LogP contribution in [0.4, 0.5) is 0 Å². The molecule has 1 heterocycles. The lowest BCUT2D eigenvalue weighted by molar-refractivity contribution is 0.260. The van der Waals surface area contributed by atoms with Crippen LogP contribution in [0.15, 0.2) is 23.4 Å². The van der Waals surface area contributed by atoms with Crippen LogP contribution in [0, 0.1) is 0 Å². The van der Waals surface area contributed by atoms with Crippen molar-refractivity contribution in [3.8, 4) is 5.75 Å². The molecule has 0 spiro atoms. The third kappa shape index (κ3) is 2.98. The Morgan fingerprint density at radius 3 is 2.95 bits per heavy atom. The summed E-state index contributed by atoms with van der Waals surface area (Å²) in [5, 5.41) is 11.9. The van der Waals surface area contributed by atoms with Crippen molar-refractivity contribution < 1.29 is 9.94 Å². The Morgan fingerprint density at radius 1 is 1.58 bits per heavy atom. The number of amidine groups is 1. The van der Waals surface area contributed by atoms with Gasteiger partial charge in [0, 0.05) is 12.6 Å². The molecule has 0 saturated carbocycles. The highest BCUT2D eigenvalue weighted by atomic mass is 16.5. The van der Waals surface area contributed by atoms with E-state index >= 15 is 0 Å². The van der Waals surface area contributed by atoms with E-state index in [2.05, 4.69) is 17.0 Å². The second-order valence-corrected chi connectivity index (χ2v) is 4.98. The van der Waals surface area contributed by atoms with E-state index < -0.39 is 0 Å². The van der Waals surface area contributed by atoms with E-state index in [1.54, 1.807) is 7.11 Å². The van der Waals surface area contributed by atoms with Crippen molar-refractivity contribution in [3.63, 3.8) is 0 Å². The smallest absolute Gasteiger partial charge is 0.173 e. The molecule has 1 aliphatic rings. The summed E-state index contributed by atoms with van der Waals surface area (Å²) in [6, 6.07) is 6.44. The lowest BCUT2D eigenvalue weighted by atomic mass is 10.1. The zero-order valence-electron chi connectivity index (χ0n) is 11.5. The van der Waals surface area contributed by atoms with Gasteiger partial charge in [0.15, 0.2) is 5.84 Å². The van der Waals surface area contributed by atoms with Crippen LogP contribution in [0.2, 0.25) is 0 Å². The fourth-order valence-corrected chi connectivity index (χ4v) is 2.57. The summed E-state index contributed by atoms with van der Waals surface area (Å²) in [7, 11) is 1.58. The van der Waals surface area contributed by atoms with Gasteiger partial charge in [0.25, 0.3) is 0 Å². The molecule has 19 heavy (non-hydrogen) atoms. The number of oxime groups is 1. The third-order valence-corrected chi connectivity index (χ3v) is 3.72. The molecule has 0 radical (unpaired) electrons. The number of hydrogen-bond acceptors (Lipinski definition) is 4. The zero-order chi connectivity index (χ0) is 13.8. The maximum atomic E-state index is 8.82. The Hall–Kier alpha value is -1.75. The standard InChI is InChI=1S/C14H21N3O2/c1-10-4-3-7-17(10)9-11-5-6-13(19-2)12(8-11)14(15)16-18/h5-6,8,10,18H,3-4,7,9H2,1-2H3,(H2,15,16). The molecule has 1 unspecified atom stereocenters. The Kier molecular flexibility index (Phi) is 4.27. The van der Waals surface area contributed by atoms with Gasteiger partial charge in [-0.3, -0.25) is 4.90 Å². The predicted octanol–water partition coefficient (Wildman–Crippen LogP) is 1.77. The minimum Gasteiger partial charge on any atom is -0.496 e. The molecule has 2 rings (SSSR count). The first-order chi connectivity index (χ1) is 9.15. The minimum atomic E-state index is 0.0770. The summed E-state index contributed by atoms with van der Waals surface area (Å²) >= 11 is 0. The molecular weight excluding hydrogens is 242 g/mol. The van der Waals surface area contributed by atoms with Crippen molar-refractivity contribution in [2.45, 2.75) is 32.4 Å². The van der Waals surface area contributed by atoms with Crippen molar-refractivity contribution in [2.75, 3.05) is 13.7 Å². The molecule has 0 aliphatic carbocycles. The van der Waals surface area contributed by atoms with Crippen molar-refractivity contribution >= 4 is 5.84 Å². The van der Waals surface area contributed by atoms with Gasteiger partial charge in [0.1, 0.15) is 5.75 Å². The Bertz CT molecular complexity index is 474. The quantitative estimate of drug-likeness (QED) is 0.376. The molecule has 1 saturated heterocycles. The summed E-state index contributed by atoms with van der Waals surface area (Å²) in [5.41, 5.74) is 7.46. The number of nitrogens with two attached hydrogens (primary N) is 1. The maximum absolute atomic E-state index is 8.82. The third-order valence-electron chi connectivity index (χ3n) is 3.72. The van der Waals surface area contributed by atoms with E-state index in [0.717, 1.165) is 18.7 Å². The first-order valence-corrected chi connectivity index (χ1v) is 6.54. The average Bonchev–Trinajstić information content (AvgIpc) is 2.83. The van der Waals surface area contributed by atoms with Gasteiger partial charge >= 0.3 is 0 Å². The second kappa shape index (κ2) is 5.93. The van der Waals surface area contributed by atoms with Gasteiger partial charge in [0.05, 0.1) is 12.7 Å². The van der Waals surface area contributed by atoms with E-state index in [4.69, 9.17) is 15.7 Å². The van der Waals surface area contributed by atoms with E-state index in [9.17, 15) is 0 Å². The normalized spacial score (nSPS) is 20.7. The van der Waals surface area contributed by atoms with Crippen LogP contribution in [0.1, 0.15) is 30.9 Å². The van der Waals surface area contributed by atoms with Crippen molar-refractivity contribution in [1.82, 2.24) is 4.90 Å². The number of methoxy groups -OCH3 is 1. The largest absolute Gasteiger partial charge is 0.496 e. The SMILES string of the molecule is COc1ccc(CN2CCCC2C)cc1C(N)=NO. The van der Waals surface area contributed by atoms with Gasteiger partial charge in [-0.15, -0.1) is 0 Å². The number of rotatable bonds is 4. The minimum absolute atomic E-state index is 0.0770. The van der Waals surface area contributed by atoms with Gasteiger partial charge in [-0.2, -0.15) is 0 Å². The molecule has 1 aromatic carbocycles. The fraction of sp³-hybridized carbons (Fsp3) is 0.500. The molecular formula is C14H21N3O2. The highest BCUT2D eigenvalue weighted by Gasteiger charge is 2.20. The van der Waals surface area contributed by atoms with Crippen molar-refractivity contribution in [1.29, 1.82) is 0 Å². The van der Waals surface area contributed by atoms with Gasteiger partial charge in [-0.05, 0) is 44.0 Å². The van der Waals surface area contributed by atoms with Crippen LogP contribution in [-0.2, 0) is 6.54 Å². The summed E-state index contributed by atoms with van der Waals surface area (Å²) in [6.45, 7) is 4.27. The van der Waals surface area contributed by atoms with Crippen molar-refractivity contribution in [2.24, 2.45) is 10.9 Å². The molecule has 1 fully saturated rings. The van der Waals surface area contributed by atoms with Crippen LogP contribution < -0.4 is 10.5 Å². The van der Waals surface area contributed by atoms with E-state index in [1.807, 2.05) is 18.2 Å². The molecule has 0 aromatic heterocycles. The summed E-state index contributed by atoms with van der Waals surface area (Å²) in [4.78, 5) is 2.44. The molecule has 3 N–H and O–H groups in total. The molecule has 1 aliphatic heterocycles. The number of benzene rings is 1. The summed E-state index contributed by atoms with van der Waals surface area (Å²) in [5.74, 6) is 0.696. The topological polar surface area (TPSA) is 71.1 Å². The maximum Gasteiger partial charge on any atom is 0.173 e. The number of likely N-dealkylation sites (tertiary alicyclic amines) is 1. The van der Waals surface area contributed by atoms with Gasteiger partial charge in [-0.25, -0.2) is 0 Å². The van der Waals surface area contributed by atoms with Crippen molar-refractivity contribution in [3.05, 3.63) is 29.3 Å². The van der Waals surface area contributed by atoms with Gasteiger partial charge < -0.3 is 15.7 Å². The molecule has 104 valence electrons. The van der Waals surface area contributed by atoms with Gasteiger partial charge in [-0.1, -0.05) is 11.2 Å². The Balaban J connectivity index is 2.22. The monoisotopic (exact) mass is 263 g/mol. The highest BCUT2D eigenvalue weighted by molar-refractivity contribution is 5.99. The summed E-state index contributed by atoms with van der Waals surface area (Å²) in [6.07, 6.45) is 2.51. The first-order valence-electron chi connectivity index (χ1n) is 6.54. The first kappa shape index (κ1) is 13.7. The number of ether oxygens (including phenoxy) is 1. The molecule has 5 heteroatoms. The van der Waals surface area contributed by atoms with Crippen LogP contribution in [0.25, 0.3) is 0 Å². The molecule has 0 amide bonds. The van der Waals surface area contributed by atoms with Gasteiger partial charge in [0.2, 0.25) is 0 Å². The highest BCUT2D eigenvalue weighted by Crippen LogP contribution is 2.23. The second-order valence-electron chi connectivity index (χ2n) is 4.98. The molecule has 5 nitrogen and oxygen atoms in total. The fourth-order valence-electron chi connectivity index (χ4n) is 2.57. The molecule has 0 bridgehead atoms. The molecule has 1 aromatic rings.